The van der Waals surface area contributed by atoms with Gasteiger partial charge in [-0.25, -0.2) is 0 Å². The highest BCUT2D eigenvalue weighted by Crippen LogP contribution is 2.35. The third kappa shape index (κ3) is 1.87. The van der Waals surface area contributed by atoms with Gasteiger partial charge in [-0.15, -0.1) is 0 Å². The molecule has 1 aromatic carbocycles. The molecule has 3 heteroatoms. The second-order valence-electron chi connectivity index (χ2n) is 4.17. The summed E-state index contributed by atoms with van der Waals surface area (Å²) in [5.41, 5.74) is 2.21. The number of fused-ring (bicyclic) bond motifs is 1. The summed E-state index contributed by atoms with van der Waals surface area (Å²) in [5.74, 6) is 1.50. The minimum atomic E-state index is 0.478. The Balaban J connectivity index is 2.37. The van der Waals surface area contributed by atoms with Gasteiger partial charge in [-0.2, -0.15) is 0 Å². The van der Waals surface area contributed by atoms with Crippen molar-refractivity contribution in [1.29, 1.82) is 0 Å². The molecule has 0 bridgehead atoms. The molecule has 0 saturated heterocycles. The molecule has 3 nitrogen and oxygen atoms in total. The van der Waals surface area contributed by atoms with E-state index < -0.39 is 0 Å². The molecule has 0 fully saturated rings. The van der Waals surface area contributed by atoms with Gasteiger partial charge in [0.2, 0.25) is 0 Å². The number of hydrogen-bond acceptors (Lipinski definition) is 3. The van der Waals surface area contributed by atoms with Crippen LogP contribution < -0.4 is 15.4 Å². The third-order valence-corrected chi connectivity index (χ3v) is 3.08. The van der Waals surface area contributed by atoms with E-state index in [0.717, 1.165) is 23.7 Å². The summed E-state index contributed by atoms with van der Waals surface area (Å²) >= 11 is 0. The zero-order valence-electron chi connectivity index (χ0n) is 9.50. The lowest BCUT2D eigenvalue weighted by molar-refractivity contribution is 0.416. The fourth-order valence-electron chi connectivity index (χ4n) is 1.83. The Morgan fingerprint density at radius 3 is 2.87 bits per heavy atom. The van der Waals surface area contributed by atoms with Crippen LogP contribution in [0.25, 0.3) is 0 Å². The molecule has 15 heavy (non-hydrogen) atoms. The van der Waals surface area contributed by atoms with Crippen LogP contribution in [0.15, 0.2) is 18.2 Å². The average molecular weight is 206 g/mol. The highest BCUT2D eigenvalue weighted by molar-refractivity contribution is 5.76. The van der Waals surface area contributed by atoms with Crippen LogP contribution in [-0.2, 0) is 0 Å². The van der Waals surface area contributed by atoms with Gasteiger partial charge in [0.1, 0.15) is 11.4 Å². The molecule has 0 radical (unpaired) electrons. The Morgan fingerprint density at radius 1 is 1.33 bits per heavy atom. The fraction of sp³-hybridized carbons (Fsp3) is 0.500. The van der Waals surface area contributed by atoms with Gasteiger partial charge in [0.15, 0.2) is 0 Å². The molecule has 0 saturated carbocycles. The smallest absolute Gasteiger partial charge is 0.144 e. The summed E-state index contributed by atoms with van der Waals surface area (Å²) in [6, 6.07) is 6.55. The number of hydrogen-bond donors (Lipinski definition) is 2. The van der Waals surface area contributed by atoms with Gasteiger partial charge in [-0.05, 0) is 25.0 Å². The lowest BCUT2D eigenvalue weighted by Crippen LogP contribution is -2.25. The van der Waals surface area contributed by atoms with Crippen molar-refractivity contribution in [3.63, 3.8) is 0 Å². The maximum atomic E-state index is 5.34. The van der Waals surface area contributed by atoms with E-state index in [1.807, 2.05) is 12.1 Å². The molecule has 0 aromatic heterocycles. The number of methoxy groups -OCH3 is 1. The van der Waals surface area contributed by atoms with Crippen molar-refractivity contribution in [3.8, 4) is 5.75 Å². The fourth-order valence-corrected chi connectivity index (χ4v) is 1.83. The Morgan fingerprint density at radius 2 is 2.13 bits per heavy atom. The monoisotopic (exact) mass is 206 g/mol. The van der Waals surface area contributed by atoms with Gasteiger partial charge in [-0.3, -0.25) is 0 Å². The van der Waals surface area contributed by atoms with E-state index in [1.165, 1.54) is 0 Å². The molecule has 2 N–H and O–H groups in total. The Kier molecular flexibility index (Phi) is 2.71. The maximum absolute atomic E-state index is 5.34. The largest absolute Gasteiger partial charge is 0.495 e. The molecular weight excluding hydrogens is 188 g/mol. The van der Waals surface area contributed by atoms with Gasteiger partial charge in [0, 0.05) is 12.6 Å². The first kappa shape index (κ1) is 10.1. The highest BCUT2D eigenvalue weighted by Gasteiger charge is 2.19. The number of anilines is 2. The van der Waals surface area contributed by atoms with Crippen LogP contribution in [0.5, 0.6) is 5.75 Å². The van der Waals surface area contributed by atoms with Crippen LogP contribution in [0.4, 0.5) is 11.4 Å². The van der Waals surface area contributed by atoms with Crippen LogP contribution in [0, 0.1) is 5.92 Å². The van der Waals surface area contributed by atoms with Crippen molar-refractivity contribution in [2.75, 3.05) is 24.3 Å². The molecule has 0 aliphatic carbocycles. The van der Waals surface area contributed by atoms with E-state index in [2.05, 4.69) is 30.5 Å². The van der Waals surface area contributed by atoms with Crippen LogP contribution in [0.3, 0.4) is 0 Å². The number of ether oxygens (including phenoxy) is 1. The summed E-state index contributed by atoms with van der Waals surface area (Å²) in [6.07, 6.45) is 0. The lowest BCUT2D eigenvalue weighted by atomic mass is 10.0. The normalized spacial score (nSPS) is 24.5. The Bertz CT molecular complexity index is 351. The Hall–Kier alpha value is -1.38. The van der Waals surface area contributed by atoms with Crippen LogP contribution in [0.2, 0.25) is 0 Å². The molecule has 1 heterocycles. The summed E-state index contributed by atoms with van der Waals surface area (Å²) in [4.78, 5) is 0. The van der Waals surface area contributed by atoms with Crippen molar-refractivity contribution in [1.82, 2.24) is 0 Å². The van der Waals surface area contributed by atoms with Gasteiger partial charge in [-0.1, -0.05) is 13.0 Å². The molecule has 2 atom stereocenters. The van der Waals surface area contributed by atoms with Crippen LogP contribution in [-0.4, -0.2) is 19.7 Å². The molecule has 1 aliphatic heterocycles. The minimum absolute atomic E-state index is 0.478. The molecule has 0 spiro atoms. The van der Waals surface area contributed by atoms with Crippen molar-refractivity contribution >= 4 is 11.4 Å². The van der Waals surface area contributed by atoms with Crippen molar-refractivity contribution in [3.05, 3.63) is 18.2 Å². The van der Waals surface area contributed by atoms with E-state index in [4.69, 9.17) is 4.74 Å². The molecule has 82 valence electrons. The van der Waals surface area contributed by atoms with Gasteiger partial charge in [0.25, 0.3) is 0 Å². The molecular formula is C12H18N2O. The molecule has 1 aromatic rings. The second-order valence-corrected chi connectivity index (χ2v) is 4.17. The maximum Gasteiger partial charge on any atom is 0.144 e. The van der Waals surface area contributed by atoms with E-state index in [1.54, 1.807) is 7.11 Å². The van der Waals surface area contributed by atoms with Crippen molar-refractivity contribution in [2.45, 2.75) is 19.9 Å². The standard InChI is InChI=1S/C12H18N2O/c1-8-7-13-12-10(14-9(8)2)5-4-6-11(12)15-3/h4-6,8-9,13-14H,7H2,1-3H3. The van der Waals surface area contributed by atoms with Crippen molar-refractivity contribution in [2.24, 2.45) is 5.92 Å². The van der Waals surface area contributed by atoms with E-state index in [0.29, 0.717) is 12.0 Å². The zero-order chi connectivity index (χ0) is 10.8. The third-order valence-electron chi connectivity index (χ3n) is 3.08. The molecule has 0 amide bonds. The van der Waals surface area contributed by atoms with E-state index >= 15 is 0 Å². The summed E-state index contributed by atoms with van der Waals surface area (Å²) in [5, 5.41) is 6.94. The van der Waals surface area contributed by atoms with Gasteiger partial charge < -0.3 is 15.4 Å². The number of para-hydroxylation sites is 1. The van der Waals surface area contributed by atoms with E-state index in [9.17, 15) is 0 Å². The van der Waals surface area contributed by atoms with E-state index in [-0.39, 0.29) is 0 Å². The summed E-state index contributed by atoms with van der Waals surface area (Å²) in [7, 11) is 1.70. The predicted molar refractivity (Wildman–Crippen MR) is 63.7 cm³/mol. The second kappa shape index (κ2) is 4.01. The first-order chi connectivity index (χ1) is 7.22. The Labute approximate surface area is 90.8 Å². The number of nitrogens with one attached hydrogen (secondary N) is 2. The van der Waals surface area contributed by atoms with Crippen LogP contribution >= 0.6 is 0 Å². The first-order valence-corrected chi connectivity index (χ1v) is 5.39. The number of rotatable bonds is 1. The average Bonchev–Trinajstić information content (AvgIpc) is 2.39. The van der Waals surface area contributed by atoms with Crippen molar-refractivity contribution < 1.29 is 4.74 Å². The molecule has 1 aliphatic rings. The quantitative estimate of drug-likeness (QED) is 0.741. The SMILES string of the molecule is COc1cccc2c1NCC(C)C(C)N2. The molecule has 2 rings (SSSR count). The topological polar surface area (TPSA) is 33.3 Å². The predicted octanol–water partition coefficient (Wildman–Crippen LogP) is 2.56. The highest BCUT2D eigenvalue weighted by atomic mass is 16.5. The van der Waals surface area contributed by atoms with Gasteiger partial charge in [0.05, 0.1) is 12.8 Å². The van der Waals surface area contributed by atoms with Crippen LogP contribution in [0.1, 0.15) is 13.8 Å². The first-order valence-electron chi connectivity index (χ1n) is 5.39. The lowest BCUT2D eigenvalue weighted by Gasteiger charge is -2.17. The zero-order valence-corrected chi connectivity index (χ0v) is 9.50. The van der Waals surface area contributed by atoms with Gasteiger partial charge >= 0.3 is 0 Å². The summed E-state index contributed by atoms with van der Waals surface area (Å²) < 4.78 is 5.34. The molecule has 2 unspecified atom stereocenters. The number of benzene rings is 1. The minimum Gasteiger partial charge on any atom is -0.495 e. The summed E-state index contributed by atoms with van der Waals surface area (Å²) in [6.45, 7) is 5.42.